The maximum Gasteiger partial charge on any atom is 0.0576 e. The second kappa shape index (κ2) is 3.07. The van der Waals surface area contributed by atoms with Crippen LogP contribution in [0.5, 0.6) is 0 Å². The van der Waals surface area contributed by atoms with Crippen LogP contribution in [0.25, 0.3) is 0 Å². The minimum atomic E-state index is 0.629. The first-order chi connectivity index (χ1) is 8.10. The molecule has 0 aromatic carbocycles. The molecular weight excluding hydrogens is 208 g/mol. The first-order valence-corrected chi connectivity index (χ1v) is 7.41. The van der Waals surface area contributed by atoms with Gasteiger partial charge in [-0.25, -0.2) is 0 Å². The van der Waals surface area contributed by atoms with Crippen molar-refractivity contribution < 1.29 is 0 Å². The molecule has 17 heavy (non-hydrogen) atoms. The summed E-state index contributed by atoms with van der Waals surface area (Å²) < 4.78 is 0. The van der Waals surface area contributed by atoms with E-state index in [1.165, 1.54) is 57.1 Å². The van der Waals surface area contributed by atoms with Gasteiger partial charge in [-0.05, 0) is 61.7 Å². The van der Waals surface area contributed by atoms with E-state index in [1.54, 1.807) is 0 Å². The first kappa shape index (κ1) is 10.4. The Morgan fingerprint density at radius 1 is 1.18 bits per heavy atom. The molecule has 0 radical (unpaired) electrons. The highest BCUT2D eigenvalue weighted by molar-refractivity contribution is 5.90. The zero-order valence-corrected chi connectivity index (χ0v) is 11.2. The summed E-state index contributed by atoms with van der Waals surface area (Å²) >= 11 is 0. The van der Waals surface area contributed by atoms with Crippen LogP contribution in [0.1, 0.15) is 58.3 Å². The van der Waals surface area contributed by atoms with Crippen LogP contribution in [-0.4, -0.2) is 23.8 Å². The molecule has 0 spiro atoms. The second-order valence-electron chi connectivity index (χ2n) is 7.51. The molecule has 0 aromatic rings. The molecule has 2 nitrogen and oxygen atoms in total. The molecule has 0 N–H and O–H groups in total. The van der Waals surface area contributed by atoms with Crippen molar-refractivity contribution in [1.82, 2.24) is 5.01 Å². The van der Waals surface area contributed by atoms with Crippen LogP contribution in [0.3, 0.4) is 0 Å². The minimum absolute atomic E-state index is 0.629. The summed E-state index contributed by atoms with van der Waals surface area (Å²) in [6, 6.07) is 0.738. The summed E-state index contributed by atoms with van der Waals surface area (Å²) in [5, 5.41) is 7.20. The highest BCUT2D eigenvalue weighted by atomic mass is 15.5. The Morgan fingerprint density at radius 2 is 1.88 bits per heavy atom. The van der Waals surface area contributed by atoms with Crippen molar-refractivity contribution >= 4 is 5.71 Å². The van der Waals surface area contributed by atoms with Crippen LogP contribution in [0.4, 0.5) is 0 Å². The van der Waals surface area contributed by atoms with Crippen LogP contribution < -0.4 is 0 Å². The van der Waals surface area contributed by atoms with Crippen LogP contribution in [0, 0.1) is 16.7 Å². The SMILES string of the molecule is CN1N=C(C2CC2)CC1C12CCC(C)(CC1)C2. The topological polar surface area (TPSA) is 15.6 Å². The third-order valence-corrected chi connectivity index (χ3v) is 6.13. The Kier molecular flexibility index (Phi) is 1.88. The predicted octanol–water partition coefficient (Wildman–Crippen LogP) is 3.43. The number of fused-ring (bicyclic) bond motifs is 2. The van der Waals surface area contributed by atoms with Crippen molar-refractivity contribution in [2.24, 2.45) is 21.8 Å². The summed E-state index contributed by atoms with van der Waals surface area (Å²) in [7, 11) is 2.22. The maximum atomic E-state index is 4.86. The van der Waals surface area contributed by atoms with Gasteiger partial charge in [0.2, 0.25) is 0 Å². The van der Waals surface area contributed by atoms with Gasteiger partial charge in [0, 0.05) is 19.2 Å². The highest BCUT2D eigenvalue weighted by Crippen LogP contribution is 2.64. The van der Waals surface area contributed by atoms with Gasteiger partial charge in [-0.1, -0.05) is 6.92 Å². The molecule has 1 unspecified atom stereocenters. The fourth-order valence-electron chi connectivity index (χ4n) is 4.93. The van der Waals surface area contributed by atoms with Crippen molar-refractivity contribution in [3.8, 4) is 0 Å². The van der Waals surface area contributed by atoms with E-state index in [0.29, 0.717) is 10.8 Å². The smallest absolute Gasteiger partial charge is 0.0576 e. The first-order valence-electron chi connectivity index (χ1n) is 7.41. The largest absolute Gasteiger partial charge is 0.296 e. The van der Waals surface area contributed by atoms with Crippen molar-refractivity contribution in [2.75, 3.05) is 7.05 Å². The van der Waals surface area contributed by atoms with Gasteiger partial charge in [0.15, 0.2) is 0 Å². The van der Waals surface area contributed by atoms with Crippen LogP contribution >= 0.6 is 0 Å². The van der Waals surface area contributed by atoms with E-state index in [0.717, 1.165) is 12.0 Å². The van der Waals surface area contributed by atoms with Gasteiger partial charge in [-0.15, -0.1) is 0 Å². The fraction of sp³-hybridized carbons (Fsp3) is 0.933. The van der Waals surface area contributed by atoms with Gasteiger partial charge in [0.05, 0.1) is 6.04 Å². The molecule has 1 heterocycles. The van der Waals surface area contributed by atoms with E-state index in [-0.39, 0.29) is 0 Å². The molecule has 2 heteroatoms. The molecule has 4 aliphatic rings. The highest BCUT2D eigenvalue weighted by Gasteiger charge is 2.57. The quantitative estimate of drug-likeness (QED) is 0.712. The normalized spacial score (nSPS) is 48.9. The van der Waals surface area contributed by atoms with Gasteiger partial charge in [0.25, 0.3) is 0 Å². The number of rotatable bonds is 2. The molecule has 1 atom stereocenters. The van der Waals surface area contributed by atoms with Gasteiger partial charge >= 0.3 is 0 Å². The number of hydrazone groups is 1. The van der Waals surface area contributed by atoms with Crippen LogP contribution in [0.2, 0.25) is 0 Å². The summed E-state index contributed by atoms with van der Waals surface area (Å²) in [6.07, 6.45) is 11.4. The van der Waals surface area contributed by atoms with Crippen LogP contribution in [0.15, 0.2) is 5.10 Å². The van der Waals surface area contributed by atoms with E-state index in [4.69, 9.17) is 5.10 Å². The van der Waals surface area contributed by atoms with Gasteiger partial charge in [0.1, 0.15) is 0 Å². The molecule has 3 saturated carbocycles. The number of hydrogen-bond donors (Lipinski definition) is 0. The van der Waals surface area contributed by atoms with E-state index in [2.05, 4.69) is 19.0 Å². The number of nitrogens with zero attached hydrogens (tertiary/aromatic N) is 2. The molecular formula is C15H24N2. The number of hydrogen-bond acceptors (Lipinski definition) is 2. The summed E-state index contributed by atoms with van der Waals surface area (Å²) in [5.74, 6) is 0.869. The van der Waals surface area contributed by atoms with Gasteiger partial charge in [-0.2, -0.15) is 5.10 Å². The summed E-state index contributed by atoms with van der Waals surface area (Å²) in [4.78, 5) is 0. The van der Waals surface area contributed by atoms with Crippen LogP contribution in [-0.2, 0) is 0 Å². The Balaban J connectivity index is 1.57. The standard InChI is InChI=1S/C15H24N2/c1-14-5-7-15(10-14,8-6-14)13-9-12(11-3-4-11)16-17(13)2/h11,13H,3-10H2,1-2H3. The zero-order chi connectivity index (χ0) is 11.7. The molecule has 0 saturated heterocycles. The van der Waals surface area contributed by atoms with Crippen molar-refractivity contribution in [1.29, 1.82) is 0 Å². The average Bonchev–Trinajstić information content (AvgIpc) is 2.88. The van der Waals surface area contributed by atoms with Crippen molar-refractivity contribution in [2.45, 2.75) is 64.3 Å². The maximum absolute atomic E-state index is 4.86. The Morgan fingerprint density at radius 3 is 2.41 bits per heavy atom. The van der Waals surface area contributed by atoms with E-state index in [1.807, 2.05) is 0 Å². The molecule has 94 valence electrons. The molecule has 2 bridgehead atoms. The van der Waals surface area contributed by atoms with Gasteiger partial charge in [-0.3, -0.25) is 5.01 Å². The van der Waals surface area contributed by atoms with E-state index in [9.17, 15) is 0 Å². The second-order valence-corrected chi connectivity index (χ2v) is 7.51. The predicted molar refractivity (Wildman–Crippen MR) is 70.0 cm³/mol. The summed E-state index contributed by atoms with van der Waals surface area (Å²) in [5.41, 5.74) is 2.85. The Labute approximate surface area is 104 Å². The monoisotopic (exact) mass is 232 g/mol. The van der Waals surface area contributed by atoms with Crippen molar-refractivity contribution in [3.63, 3.8) is 0 Å². The minimum Gasteiger partial charge on any atom is -0.296 e. The lowest BCUT2D eigenvalue weighted by Gasteiger charge is -2.37. The molecule has 3 aliphatic carbocycles. The molecule has 0 amide bonds. The lowest BCUT2D eigenvalue weighted by molar-refractivity contribution is 0.110. The lowest BCUT2D eigenvalue weighted by Crippen LogP contribution is -2.39. The Hall–Kier alpha value is -0.530. The zero-order valence-electron chi connectivity index (χ0n) is 11.2. The van der Waals surface area contributed by atoms with E-state index >= 15 is 0 Å². The molecule has 1 aliphatic heterocycles. The molecule has 0 aromatic heterocycles. The van der Waals surface area contributed by atoms with Gasteiger partial charge < -0.3 is 0 Å². The van der Waals surface area contributed by atoms with Crippen molar-refractivity contribution in [3.05, 3.63) is 0 Å². The third kappa shape index (κ3) is 1.42. The fourth-order valence-corrected chi connectivity index (χ4v) is 4.93. The average molecular weight is 232 g/mol. The van der Waals surface area contributed by atoms with E-state index < -0.39 is 0 Å². The molecule has 3 fully saturated rings. The lowest BCUT2D eigenvalue weighted by atomic mass is 9.75. The molecule has 4 rings (SSSR count). The Bertz CT molecular complexity index is 372. The third-order valence-electron chi connectivity index (χ3n) is 6.13. The summed E-state index contributed by atoms with van der Waals surface area (Å²) in [6.45, 7) is 2.51.